The van der Waals surface area contributed by atoms with E-state index in [1.807, 2.05) is 32.0 Å². The maximum Gasteiger partial charge on any atom is 0.243 e. The first-order chi connectivity index (χ1) is 9.04. The second-order valence-electron chi connectivity index (χ2n) is 4.54. The minimum Gasteiger partial charge on any atom is -0.360 e. The van der Waals surface area contributed by atoms with Gasteiger partial charge in [-0.1, -0.05) is 17.3 Å². The Balaban J connectivity index is 1.92. The van der Waals surface area contributed by atoms with E-state index in [2.05, 4.69) is 15.8 Å². The molecular weight excluding hydrogens is 242 g/mol. The third-order valence-electron chi connectivity index (χ3n) is 2.73. The molecule has 5 heteroatoms. The first-order valence-corrected chi connectivity index (χ1v) is 6.09. The van der Waals surface area contributed by atoms with Crippen LogP contribution in [0.4, 0.5) is 11.5 Å². The molecule has 0 saturated heterocycles. The van der Waals surface area contributed by atoms with E-state index in [9.17, 15) is 4.79 Å². The predicted molar refractivity (Wildman–Crippen MR) is 74.3 cm³/mol. The summed E-state index contributed by atoms with van der Waals surface area (Å²) in [5.74, 6) is 1.15. The standard InChI is InChI=1S/C14H17N3O2/c1-9-4-5-10(2)12(6-9)16-14(18)8-15-13-7-11(3)19-17-13/h4-7H,8H2,1-3H3,(H,15,17)(H,16,18). The molecule has 2 N–H and O–H groups in total. The largest absolute Gasteiger partial charge is 0.360 e. The van der Waals surface area contributed by atoms with Gasteiger partial charge in [-0.25, -0.2) is 0 Å². The molecule has 0 aliphatic carbocycles. The Kier molecular flexibility index (Phi) is 3.85. The smallest absolute Gasteiger partial charge is 0.243 e. The Morgan fingerprint density at radius 3 is 2.74 bits per heavy atom. The lowest BCUT2D eigenvalue weighted by Crippen LogP contribution is -2.22. The highest BCUT2D eigenvalue weighted by Crippen LogP contribution is 2.16. The molecule has 0 spiro atoms. The SMILES string of the molecule is Cc1ccc(C)c(NC(=O)CNc2cc(C)on2)c1. The number of rotatable bonds is 4. The summed E-state index contributed by atoms with van der Waals surface area (Å²) in [6.45, 7) is 5.91. The normalized spacial score (nSPS) is 10.3. The number of carbonyl (C=O) groups is 1. The van der Waals surface area contributed by atoms with E-state index < -0.39 is 0 Å². The number of hydrogen-bond acceptors (Lipinski definition) is 4. The van der Waals surface area contributed by atoms with Crippen LogP contribution < -0.4 is 10.6 Å². The average molecular weight is 259 g/mol. The van der Waals surface area contributed by atoms with Gasteiger partial charge >= 0.3 is 0 Å². The quantitative estimate of drug-likeness (QED) is 0.885. The van der Waals surface area contributed by atoms with Crippen molar-refractivity contribution < 1.29 is 9.32 Å². The fourth-order valence-electron chi connectivity index (χ4n) is 1.69. The van der Waals surface area contributed by atoms with Gasteiger partial charge < -0.3 is 15.2 Å². The number of nitrogens with zero attached hydrogens (tertiary/aromatic N) is 1. The maximum absolute atomic E-state index is 11.8. The van der Waals surface area contributed by atoms with Gasteiger partial charge in [0.05, 0.1) is 6.54 Å². The Labute approximate surface area is 112 Å². The summed E-state index contributed by atoms with van der Waals surface area (Å²) in [7, 11) is 0. The molecule has 100 valence electrons. The number of nitrogens with one attached hydrogen (secondary N) is 2. The van der Waals surface area contributed by atoms with E-state index in [1.54, 1.807) is 13.0 Å². The Hall–Kier alpha value is -2.30. The lowest BCUT2D eigenvalue weighted by molar-refractivity contribution is -0.114. The molecule has 0 bridgehead atoms. The van der Waals surface area contributed by atoms with Crippen LogP contribution in [0.2, 0.25) is 0 Å². The number of benzene rings is 1. The molecule has 1 aromatic carbocycles. The van der Waals surface area contributed by atoms with Gasteiger partial charge in [-0.05, 0) is 38.0 Å². The number of anilines is 2. The monoisotopic (exact) mass is 259 g/mol. The number of hydrogen-bond donors (Lipinski definition) is 2. The molecule has 0 aliphatic heterocycles. The van der Waals surface area contributed by atoms with Gasteiger partial charge in [-0.3, -0.25) is 4.79 Å². The van der Waals surface area contributed by atoms with Crippen molar-refractivity contribution in [2.24, 2.45) is 0 Å². The van der Waals surface area contributed by atoms with E-state index in [1.165, 1.54) is 0 Å². The van der Waals surface area contributed by atoms with Crippen LogP contribution in [0.3, 0.4) is 0 Å². The molecule has 1 heterocycles. The number of carbonyl (C=O) groups excluding carboxylic acids is 1. The van der Waals surface area contributed by atoms with Crippen LogP contribution >= 0.6 is 0 Å². The number of aryl methyl sites for hydroxylation is 3. The van der Waals surface area contributed by atoms with Crippen molar-refractivity contribution in [3.63, 3.8) is 0 Å². The molecule has 0 atom stereocenters. The minimum absolute atomic E-state index is 0.116. The predicted octanol–water partition coefficient (Wildman–Crippen LogP) is 2.65. The Morgan fingerprint density at radius 2 is 2.05 bits per heavy atom. The first kappa shape index (κ1) is 13.1. The van der Waals surface area contributed by atoms with Gasteiger partial charge in [-0.2, -0.15) is 0 Å². The minimum atomic E-state index is -0.116. The van der Waals surface area contributed by atoms with Crippen LogP contribution in [0, 0.1) is 20.8 Å². The van der Waals surface area contributed by atoms with Crippen molar-refractivity contribution in [1.82, 2.24) is 5.16 Å². The zero-order valence-corrected chi connectivity index (χ0v) is 11.3. The van der Waals surface area contributed by atoms with Gasteiger partial charge in [-0.15, -0.1) is 0 Å². The fourth-order valence-corrected chi connectivity index (χ4v) is 1.69. The average Bonchev–Trinajstić information content (AvgIpc) is 2.77. The molecule has 1 aromatic heterocycles. The van der Waals surface area contributed by atoms with Crippen molar-refractivity contribution in [1.29, 1.82) is 0 Å². The van der Waals surface area contributed by atoms with E-state index >= 15 is 0 Å². The zero-order chi connectivity index (χ0) is 13.8. The van der Waals surface area contributed by atoms with Crippen LogP contribution in [-0.2, 0) is 4.79 Å². The molecule has 0 aliphatic rings. The van der Waals surface area contributed by atoms with Crippen LogP contribution in [0.15, 0.2) is 28.8 Å². The van der Waals surface area contributed by atoms with Crippen molar-refractivity contribution in [2.45, 2.75) is 20.8 Å². The molecule has 0 radical (unpaired) electrons. The fraction of sp³-hybridized carbons (Fsp3) is 0.286. The summed E-state index contributed by atoms with van der Waals surface area (Å²) < 4.78 is 4.91. The Bertz CT molecular complexity index is 590. The van der Waals surface area contributed by atoms with Gasteiger partial charge in [0.2, 0.25) is 5.91 Å². The van der Waals surface area contributed by atoms with Crippen molar-refractivity contribution >= 4 is 17.4 Å². The second-order valence-corrected chi connectivity index (χ2v) is 4.54. The third kappa shape index (κ3) is 3.58. The summed E-state index contributed by atoms with van der Waals surface area (Å²) in [4.78, 5) is 11.8. The van der Waals surface area contributed by atoms with Gasteiger partial charge in [0.1, 0.15) is 5.76 Å². The molecule has 0 unspecified atom stereocenters. The molecule has 0 fully saturated rings. The topological polar surface area (TPSA) is 67.2 Å². The van der Waals surface area contributed by atoms with Crippen LogP contribution in [0.5, 0.6) is 0 Å². The maximum atomic E-state index is 11.8. The summed E-state index contributed by atoms with van der Waals surface area (Å²) >= 11 is 0. The van der Waals surface area contributed by atoms with Crippen molar-refractivity contribution in [2.75, 3.05) is 17.2 Å². The van der Waals surface area contributed by atoms with E-state index in [0.717, 1.165) is 16.8 Å². The molecule has 2 rings (SSSR count). The van der Waals surface area contributed by atoms with Crippen molar-refractivity contribution in [3.8, 4) is 0 Å². The lowest BCUT2D eigenvalue weighted by atomic mass is 10.1. The summed E-state index contributed by atoms with van der Waals surface area (Å²) in [5, 5.41) is 9.53. The highest BCUT2D eigenvalue weighted by Gasteiger charge is 2.06. The first-order valence-electron chi connectivity index (χ1n) is 6.09. The van der Waals surface area contributed by atoms with Crippen molar-refractivity contribution in [3.05, 3.63) is 41.2 Å². The Morgan fingerprint density at radius 1 is 1.26 bits per heavy atom. The van der Waals surface area contributed by atoms with Gasteiger partial charge in [0, 0.05) is 11.8 Å². The molecule has 1 amide bonds. The van der Waals surface area contributed by atoms with E-state index in [-0.39, 0.29) is 12.5 Å². The number of amides is 1. The molecule has 2 aromatic rings. The molecular formula is C14H17N3O2. The van der Waals surface area contributed by atoms with E-state index in [4.69, 9.17) is 4.52 Å². The second kappa shape index (κ2) is 5.56. The van der Waals surface area contributed by atoms with Gasteiger partial charge in [0.15, 0.2) is 5.82 Å². The van der Waals surface area contributed by atoms with Gasteiger partial charge in [0.25, 0.3) is 0 Å². The van der Waals surface area contributed by atoms with Crippen LogP contribution in [0.25, 0.3) is 0 Å². The molecule has 19 heavy (non-hydrogen) atoms. The molecule has 5 nitrogen and oxygen atoms in total. The molecule has 0 saturated carbocycles. The van der Waals surface area contributed by atoms with Crippen LogP contribution in [0.1, 0.15) is 16.9 Å². The van der Waals surface area contributed by atoms with Crippen LogP contribution in [-0.4, -0.2) is 17.6 Å². The zero-order valence-electron chi connectivity index (χ0n) is 11.3. The summed E-state index contributed by atoms with van der Waals surface area (Å²) in [6.07, 6.45) is 0. The highest BCUT2D eigenvalue weighted by molar-refractivity contribution is 5.94. The van der Waals surface area contributed by atoms with E-state index in [0.29, 0.717) is 11.6 Å². The number of aromatic nitrogens is 1. The summed E-state index contributed by atoms with van der Waals surface area (Å²) in [6, 6.07) is 7.69. The third-order valence-corrected chi connectivity index (χ3v) is 2.73. The lowest BCUT2D eigenvalue weighted by Gasteiger charge is -2.09. The summed E-state index contributed by atoms with van der Waals surface area (Å²) in [5.41, 5.74) is 2.99. The highest BCUT2D eigenvalue weighted by atomic mass is 16.5.